The number of carbonyl (C=O) groups excluding carboxylic acids is 1. The van der Waals surface area contributed by atoms with E-state index in [1.807, 2.05) is 20.8 Å². The molecular formula is C26H27Cl2NO5. The van der Waals surface area contributed by atoms with Crippen molar-refractivity contribution in [2.45, 2.75) is 46.5 Å². The number of carboxylic acid groups (broad SMARTS) is 1. The van der Waals surface area contributed by atoms with Gasteiger partial charge in [0, 0.05) is 29.3 Å². The molecule has 1 N–H and O–H groups in total. The number of benzene rings is 2. The van der Waals surface area contributed by atoms with E-state index in [0.717, 1.165) is 17.0 Å². The number of aliphatic carboxylic acids is 1. The topological polar surface area (TPSA) is 89.6 Å². The number of carbonyl (C=O) groups is 2. The molecule has 0 aliphatic heterocycles. The molecule has 1 unspecified atom stereocenters. The second-order valence-corrected chi connectivity index (χ2v) is 9.41. The van der Waals surface area contributed by atoms with E-state index in [9.17, 15) is 9.59 Å². The monoisotopic (exact) mass is 503 g/mol. The van der Waals surface area contributed by atoms with Crippen molar-refractivity contribution >= 4 is 35.0 Å². The van der Waals surface area contributed by atoms with Gasteiger partial charge in [-0.25, -0.2) is 4.98 Å². The molecule has 0 saturated heterocycles. The largest absolute Gasteiger partial charge is 0.492 e. The molecule has 3 rings (SSSR count). The Hall–Kier alpha value is -2.83. The maximum Gasteiger partial charge on any atom is 0.309 e. The molecule has 0 amide bonds. The van der Waals surface area contributed by atoms with E-state index in [-0.39, 0.29) is 24.7 Å². The van der Waals surface area contributed by atoms with Crippen LogP contribution in [0.15, 0.2) is 40.8 Å². The molecule has 1 aromatic heterocycles. The van der Waals surface area contributed by atoms with Gasteiger partial charge < -0.3 is 14.3 Å². The molecule has 0 spiro atoms. The third kappa shape index (κ3) is 6.19. The second kappa shape index (κ2) is 11.1. The first kappa shape index (κ1) is 25.8. The highest BCUT2D eigenvalue weighted by Gasteiger charge is 2.20. The summed E-state index contributed by atoms with van der Waals surface area (Å²) in [7, 11) is 0. The van der Waals surface area contributed by atoms with Crippen LogP contribution in [0.3, 0.4) is 0 Å². The fraction of sp³-hybridized carbons (Fsp3) is 0.346. The van der Waals surface area contributed by atoms with Gasteiger partial charge in [0.05, 0.1) is 22.2 Å². The van der Waals surface area contributed by atoms with Crippen molar-refractivity contribution in [1.29, 1.82) is 0 Å². The average molecular weight is 504 g/mol. The van der Waals surface area contributed by atoms with Crippen molar-refractivity contribution in [2.24, 2.45) is 5.92 Å². The highest BCUT2D eigenvalue weighted by molar-refractivity contribution is 6.36. The highest BCUT2D eigenvalue weighted by Crippen LogP contribution is 2.33. The zero-order valence-electron chi connectivity index (χ0n) is 19.5. The van der Waals surface area contributed by atoms with Crippen LogP contribution < -0.4 is 4.74 Å². The Bertz CT molecular complexity index is 1200. The van der Waals surface area contributed by atoms with Gasteiger partial charge in [-0.1, -0.05) is 37.0 Å². The Kier molecular flexibility index (Phi) is 8.39. The molecule has 2 aromatic carbocycles. The number of nitrogens with zero attached hydrogens (tertiary/aromatic N) is 1. The van der Waals surface area contributed by atoms with Gasteiger partial charge in [-0.3, -0.25) is 9.59 Å². The number of carboxylic acids is 1. The number of hydrogen-bond acceptors (Lipinski definition) is 5. The summed E-state index contributed by atoms with van der Waals surface area (Å²) in [4.78, 5) is 28.5. The maximum absolute atomic E-state index is 12.9. The molecule has 0 aliphatic carbocycles. The van der Waals surface area contributed by atoms with E-state index in [0.29, 0.717) is 39.2 Å². The molecule has 8 heteroatoms. The minimum atomic E-state index is -0.917. The predicted molar refractivity (Wildman–Crippen MR) is 132 cm³/mol. The van der Waals surface area contributed by atoms with Crippen molar-refractivity contribution in [2.75, 3.05) is 6.61 Å². The van der Waals surface area contributed by atoms with Gasteiger partial charge in [0.25, 0.3) is 0 Å². The lowest BCUT2D eigenvalue weighted by Crippen LogP contribution is -2.18. The second-order valence-electron chi connectivity index (χ2n) is 8.56. The number of ether oxygens (including phenoxy) is 1. The summed E-state index contributed by atoms with van der Waals surface area (Å²) in [6.45, 7) is 7.48. The maximum atomic E-state index is 12.9. The number of oxazole rings is 1. The summed E-state index contributed by atoms with van der Waals surface area (Å²) < 4.78 is 11.6. The first-order chi connectivity index (χ1) is 16.1. The molecule has 0 bridgehead atoms. The Morgan fingerprint density at radius 3 is 2.47 bits per heavy atom. The van der Waals surface area contributed by atoms with Crippen molar-refractivity contribution < 1.29 is 23.8 Å². The van der Waals surface area contributed by atoms with Crippen LogP contribution in [-0.4, -0.2) is 28.4 Å². The molecular weight excluding hydrogens is 477 g/mol. The minimum absolute atomic E-state index is 0.0302. The van der Waals surface area contributed by atoms with Crippen LogP contribution in [0.5, 0.6) is 5.75 Å². The van der Waals surface area contributed by atoms with Crippen LogP contribution in [0, 0.1) is 12.8 Å². The van der Waals surface area contributed by atoms with Gasteiger partial charge in [0.15, 0.2) is 5.78 Å². The highest BCUT2D eigenvalue weighted by atomic mass is 35.5. The number of hydrogen-bond donors (Lipinski definition) is 1. The smallest absolute Gasteiger partial charge is 0.309 e. The molecule has 0 aliphatic rings. The van der Waals surface area contributed by atoms with E-state index in [2.05, 4.69) is 4.98 Å². The summed E-state index contributed by atoms with van der Waals surface area (Å²) in [6, 6.07) is 10.3. The van der Waals surface area contributed by atoms with Crippen LogP contribution in [-0.2, 0) is 11.2 Å². The Balaban J connectivity index is 1.72. The van der Waals surface area contributed by atoms with Crippen LogP contribution in [0.2, 0.25) is 10.0 Å². The zero-order valence-corrected chi connectivity index (χ0v) is 21.0. The van der Waals surface area contributed by atoms with Crippen molar-refractivity contribution in [1.82, 2.24) is 4.98 Å². The lowest BCUT2D eigenvalue weighted by atomic mass is 10.0. The Labute approximate surface area is 208 Å². The van der Waals surface area contributed by atoms with Crippen LogP contribution in [0.1, 0.15) is 60.5 Å². The molecule has 34 heavy (non-hydrogen) atoms. The molecule has 180 valence electrons. The summed E-state index contributed by atoms with van der Waals surface area (Å²) in [5.74, 6) is 0.210. The van der Waals surface area contributed by atoms with Gasteiger partial charge >= 0.3 is 5.97 Å². The summed E-state index contributed by atoms with van der Waals surface area (Å²) in [6.07, 6.45) is 0.685. The van der Waals surface area contributed by atoms with Gasteiger partial charge in [0.2, 0.25) is 5.89 Å². The quantitative estimate of drug-likeness (QED) is 0.299. The van der Waals surface area contributed by atoms with E-state index >= 15 is 0 Å². The summed E-state index contributed by atoms with van der Waals surface area (Å²) in [5, 5.41) is 9.97. The minimum Gasteiger partial charge on any atom is -0.492 e. The van der Waals surface area contributed by atoms with Crippen molar-refractivity contribution in [3.63, 3.8) is 0 Å². The first-order valence-electron chi connectivity index (χ1n) is 11.0. The van der Waals surface area contributed by atoms with Gasteiger partial charge in [-0.05, 0) is 55.8 Å². The van der Waals surface area contributed by atoms with Crippen LogP contribution >= 0.6 is 23.2 Å². The molecule has 1 heterocycles. The first-order valence-corrected chi connectivity index (χ1v) is 11.8. The standard InChI is InChI=1S/C26H27Cl2NO5/c1-14(2)24-21(29-25(34-24)19-7-6-18(27)12-20(19)28)8-9-22(30)17-5-10-23(15(3)11-17)33-13-16(4)26(31)32/h5-7,10-12,14,16H,8-9,13H2,1-4H3,(H,31,32). The Morgan fingerprint density at radius 1 is 1.12 bits per heavy atom. The summed E-state index contributed by atoms with van der Waals surface area (Å²) in [5.41, 5.74) is 2.71. The fourth-order valence-electron chi connectivity index (χ4n) is 3.42. The molecule has 0 fully saturated rings. The number of Topliss-reactive ketones (excluding diaryl/α,β-unsaturated/α-hetero) is 1. The molecule has 3 aromatic rings. The fourth-order valence-corrected chi connectivity index (χ4v) is 3.91. The molecule has 6 nitrogen and oxygen atoms in total. The van der Waals surface area contributed by atoms with Gasteiger partial charge in [-0.15, -0.1) is 0 Å². The zero-order chi connectivity index (χ0) is 25.0. The van der Waals surface area contributed by atoms with E-state index in [4.69, 9.17) is 37.5 Å². The van der Waals surface area contributed by atoms with Crippen molar-refractivity contribution in [3.05, 3.63) is 69.0 Å². The number of aromatic nitrogens is 1. The molecule has 0 radical (unpaired) electrons. The number of halogens is 2. The number of ketones is 1. The Morgan fingerprint density at radius 2 is 1.85 bits per heavy atom. The van der Waals surface area contributed by atoms with Crippen molar-refractivity contribution in [3.8, 4) is 17.2 Å². The van der Waals surface area contributed by atoms with Gasteiger partial charge in [0.1, 0.15) is 18.1 Å². The predicted octanol–water partition coefficient (Wildman–Crippen LogP) is 7.00. The molecule has 1 atom stereocenters. The SMILES string of the molecule is Cc1cc(C(=O)CCc2nc(-c3ccc(Cl)cc3Cl)oc2C(C)C)ccc1OCC(C)C(=O)O. The number of rotatable bonds is 10. The van der Waals surface area contributed by atoms with E-state index in [1.54, 1.807) is 43.3 Å². The van der Waals surface area contributed by atoms with Gasteiger partial charge in [-0.2, -0.15) is 0 Å². The lowest BCUT2D eigenvalue weighted by molar-refractivity contribution is -0.142. The third-order valence-electron chi connectivity index (χ3n) is 5.41. The number of aryl methyl sites for hydroxylation is 2. The van der Waals surface area contributed by atoms with E-state index < -0.39 is 11.9 Å². The average Bonchev–Trinajstić information content (AvgIpc) is 3.20. The van der Waals surface area contributed by atoms with Crippen LogP contribution in [0.4, 0.5) is 0 Å². The lowest BCUT2D eigenvalue weighted by Gasteiger charge is -2.12. The normalized spacial score (nSPS) is 12.1. The summed E-state index contributed by atoms with van der Waals surface area (Å²) >= 11 is 12.3. The van der Waals surface area contributed by atoms with E-state index in [1.165, 1.54) is 0 Å². The van der Waals surface area contributed by atoms with Crippen LogP contribution in [0.25, 0.3) is 11.5 Å². The molecule has 0 saturated carbocycles. The third-order valence-corrected chi connectivity index (χ3v) is 5.96.